The van der Waals surface area contributed by atoms with Crippen LogP contribution in [0.1, 0.15) is 53.4 Å². The van der Waals surface area contributed by atoms with Crippen LogP contribution in [-0.2, 0) is 0 Å². The van der Waals surface area contributed by atoms with Gasteiger partial charge in [0.05, 0.1) is 0 Å². The van der Waals surface area contributed by atoms with Crippen molar-refractivity contribution >= 4 is 17.3 Å². The summed E-state index contributed by atoms with van der Waals surface area (Å²) in [7, 11) is 0. The average molecular weight is 242 g/mol. The van der Waals surface area contributed by atoms with Crippen molar-refractivity contribution in [3.63, 3.8) is 0 Å². The van der Waals surface area contributed by atoms with E-state index in [0.717, 1.165) is 11.7 Å². The van der Waals surface area contributed by atoms with Gasteiger partial charge in [0, 0.05) is 12.6 Å². The number of hydrogen-bond acceptors (Lipinski definition) is 1. The molecule has 1 rings (SSSR count). The largest absolute Gasteiger partial charge is 0.362 e. The fraction of sp³-hybridized carbons (Fsp3) is 0.923. The molecule has 1 unspecified atom stereocenters. The summed E-state index contributed by atoms with van der Waals surface area (Å²) in [5.74, 6) is 0.641. The summed E-state index contributed by atoms with van der Waals surface area (Å²) >= 11 is 5.31. The van der Waals surface area contributed by atoms with E-state index in [1.165, 1.54) is 25.7 Å². The van der Waals surface area contributed by atoms with Gasteiger partial charge in [0.2, 0.25) is 0 Å². The molecule has 0 amide bonds. The van der Waals surface area contributed by atoms with Gasteiger partial charge in [-0.3, -0.25) is 0 Å². The van der Waals surface area contributed by atoms with Crippen LogP contribution in [-0.4, -0.2) is 17.7 Å². The summed E-state index contributed by atoms with van der Waals surface area (Å²) < 4.78 is 0. The van der Waals surface area contributed by atoms with E-state index in [1.807, 2.05) is 0 Å². The second-order valence-corrected chi connectivity index (χ2v) is 6.61. The van der Waals surface area contributed by atoms with Crippen LogP contribution in [0.3, 0.4) is 0 Å². The molecule has 0 aromatic rings. The minimum atomic E-state index is 0.476. The Morgan fingerprint density at radius 3 is 2.69 bits per heavy atom. The highest BCUT2D eigenvalue weighted by molar-refractivity contribution is 7.80. The predicted octanol–water partition coefficient (Wildman–Crippen LogP) is 3.08. The van der Waals surface area contributed by atoms with Gasteiger partial charge in [-0.05, 0) is 42.8 Å². The molecule has 1 aliphatic carbocycles. The van der Waals surface area contributed by atoms with Crippen LogP contribution < -0.4 is 10.6 Å². The Labute approximate surface area is 106 Å². The monoisotopic (exact) mass is 242 g/mol. The van der Waals surface area contributed by atoms with Crippen LogP contribution in [0.4, 0.5) is 0 Å². The fourth-order valence-corrected chi connectivity index (χ4v) is 2.60. The molecule has 0 bridgehead atoms. The standard InChI is InChI=1S/C13H26N2S/c1-10(2)9-14-12(16)15-11-6-5-7-13(3,4)8-11/h10-11H,5-9H2,1-4H3,(H2,14,15,16). The van der Waals surface area contributed by atoms with E-state index in [4.69, 9.17) is 12.2 Å². The first-order valence-electron chi connectivity index (χ1n) is 6.43. The third kappa shape index (κ3) is 5.15. The molecule has 16 heavy (non-hydrogen) atoms. The minimum absolute atomic E-state index is 0.476. The molecular weight excluding hydrogens is 216 g/mol. The van der Waals surface area contributed by atoms with Crippen LogP contribution in [0.25, 0.3) is 0 Å². The molecule has 94 valence electrons. The number of thiocarbonyl (C=S) groups is 1. The second kappa shape index (κ2) is 5.85. The van der Waals surface area contributed by atoms with Gasteiger partial charge < -0.3 is 10.6 Å². The van der Waals surface area contributed by atoms with Crippen molar-refractivity contribution in [1.29, 1.82) is 0 Å². The molecule has 0 aliphatic heterocycles. The molecule has 0 spiro atoms. The van der Waals surface area contributed by atoms with Crippen LogP contribution in [0, 0.1) is 11.3 Å². The summed E-state index contributed by atoms with van der Waals surface area (Å²) in [4.78, 5) is 0. The van der Waals surface area contributed by atoms with Crippen molar-refractivity contribution in [2.75, 3.05) is 6.54 Å². The Hall–Kier alpha value is -0.310. The highest BCUT2D eigenvalue weighted by Gasteiger charge is 2.28. The van der Waals surface area contributed by atoms with Gasteiger partial charge in [0.15, 0.2) is 5.11 Å². The molecule has 1 fully saturated rings. The van der Waals surface area contributed by atoms with Crippen LogP contribution >= 0.6 is 12.2 Å². The van der Waals surface area contributed by atoms with Gasteiger partial charge in [-0.25, -0.2) is 0 Å². The Kier molecular flexibility index (Phi) is 5.03. The van der Waals surface area contributed by atoms with Gasteiger partial charge in [0.25, 0.3) is 0 Å². The first-order chi connectivity index (χ1) is 7.39. The molecule has 3 heteroatoms. The highest BCUT2D eigenvalue weighted by Crippen LogP contribution is 2.34. The van der Waals surface area contributed by atoms with E-state index in [0.29, 0.717) is 17.4 Å². The lowest BCUT2D eigenvalue weighted by Crippen LogP contribution is -2.46. The van der Waals surface area contributed by atoms with Crippen molar-refractivity contribution in [1.82, 2.24) is 10.6 Å². The fourth-order valence-electron chi connectivity index (χ4n) is 2.35. The first-order valence-corrected chi connectivity index (χ1v) is 6.84. The van der Waals surface area contributed by atoms with Crippen molar-refractivity contribution < 1.29 is 0 Å². The molecule has 0 aromatic carbocycles. The van der Waals surface area contributed by atoms with Gasteiger partial charge >= 0.3 is 0 Å². The summed E-state index contributed by atoms with van der Waals surface area (Å²) in [6.07, 6.45) is 5.15. The highest BCUT2D eigenvalue weighted by atomic mass is 32.1. The van der Waals surface area contributed by atoms with Crippen LogP contribution in [0.5, 0.6) is 0 Å². The Morgan fingerprint density at radius 2 is 2.12 bits per heavy atom. The first kappa shape index (κ1) is 13.8. The quantitative estimate of drug-likeness (QED) is 0.744. The van der Waals surface area contributed by atoms with Crippen LogP contribution in [0.15, 0.2) is 0 Å². The maximum Gasteiger partial charge on any atom is 0.166 e. The lowest BCUT2D eigenvalue weighted by atomic mass is 9.75. The number of rotatable bonds is 3. The lowest BCUT2D eigenvalue weighted by Gasteiger charge is -2.36. The summed E-state index contributed by atoms with van der Waals surface area (Å²) in [5.41, 5.74) is 0.476. The summed E-state index contributed by atoms with van der Waals surface area (Å²) in [5, 5.41) is 7.56. The number of hydrogen-bond donors (Lipinski definition) is 2. The van der Waals surface area contributed by atoms with Gasteiger partial charge in [0.1, 0.15) is 0 Å². The van der Waals surface area contributed by atoms with Gasteiger partial charge in [-0.1, -0.05) is 34.1 Å². The molecule has 0 heterocycles. The zero-order valence-electron chi connectivity index (χ0n) is 11.1. The lowest BCUT2D eigenvalue weighted by molar-refractivity contribution is 0.210. The summed E-state index contributed by atoms with van der Waals surface area (Å²) in [6, 6.07) is 0.566. The van der Waals surface area contributed by atoms with Gasteiger partial charge in [-0.15, -0.1) is 0 Å². The van der Waals surface area contributed by atoms with Crippen molar-refractivity contribution in [2.24, 2.45) is 11.3 Å². The molecular formula is C13H26N2S. The number of nitrogens with one attached hydrogen (secondary N) is 2. The van der Waals surface area contributed by atoms with Crippen molar-refractivity contribution in [2.45, 2.75) is 59.4 Å². The maximum atomic E-state index is 5.31. The third-order valence-corrected chi connectivity index (χ3v) is 3.47. The average Bonchev–Trinajstić information content (AvgIpc) is 2.13. The normalized spacial score (nSPS) is 24.2. The van der Waals surface area contributed by atoms with Crippen molar-refractivity contribution in [3.05, 3.63) is 0 Å². The smallest absolute Gasteiger partial charge is 0.166 e. The topological polar surface area (TPSA) is 24.1 Å². The molecule has 1 saturated carbocycles. The zero-order valence-corrected chi connectivity index (χ0v) is 11.9. The van der Waals surface area contributed by atoms with E-state index in [2.05, 4.69) is 38.3 Å². The van der Waals surface area contributed by atoms with E-state index >= 15 is 0 Å². The Morgan fingerprint density at radius 1 is 1.44 bits per heavy atom. The maximum absolute atomic E-state index is 5.31. The Balaban J connectivity index is 2.28. The van der Waals surface area contributed by atoms with E-state index in [9.17, 15) is 0 Å². The van der Waals surface area contributed by atoms with E-state index in [-0.39, 0.29) is 0 Å². The second-order valence-electron chi connectivity index (χ2n) is 6.21. The van der Waals surface area contributed by atoms with Crippen LogP contribution in [0.2, 0.25) is 0 Å². The molecule has 2 nitrogen and oxygen atoms in total. The molecule has 0 saturated heterocycles. The molecule has 1 atom stereocenters. The predicted molar refractivity (Wildman–Crippen MR) is 74.6 cm³/mol. The Bertz CT molecular complexity index is 236. The molecule has 0 radical (unpaired) electrons. The van der Waals surface area contributed by atoms with E-state index < -0.39 is 0 Å². The van der Waals surface area contributed by atoms with Crippen molar-refractivity contribution in [3.8, 4) is 0 Å². The molecule has 2 N–H and O–H groups in total. The zero-order chi connectivity index (χ0) is 12.2. The SMILES string of the molecule is CC(C)CNC(=S)NC1CCCC(C)(C)C1. The van der Waals surface area contributed by atoms with E-state index in [1.54, 1.807) is 0 Å². The molecule has 0 aromatic heterocycles. The summed E-state index contributed by atoms with van der Waals surface area (Å²) in [6.45, 7) is 10.1. The van der Waals surface area contributed by atoms with Gasteiger partial charge in [-0.2, -0.15) is 0 Å². The minimum Gasteiger partial charge on any atom is -0.362 e. The third-order valence-electron chi connectivity index (χ3n) is 3.21. The molecule has 1 aliphatic rings.